The Morgan fingerprint density at radius 3 is 2.88 bits per heavy atom. The van der Waals surface area contributed by atoms with Crippen molar-refractivity contribution in [2.24, 2.45) is 0 Å². The van der Waals surface area contributed by atoms with Crippen LogP contribution < -0.4 is 4.94 Å². The van der Waals surface area contributed by atoms with Crippen LogP contribution in [0.25, 0.3) is 10.3 Å². The molecule has 84 valence electrons. The number of aryl methyl sites for hydroxylation is 1. The monoisotopic (exact) mass is 240 g/mol. The normalized spacial score (nSPS) is 10.8. The van der Waals surface area contributed by atoms with Crippen LogP contribution in [0.3, 0.4) is 0 Å². The minimum Gasteiger partial charge on any atom is -0.508 e. The predicted octanol–water partition coefficient (Wildman–Crippen LogP) is 1.58. The van der Waals surface area contributed by atoms with Crippen LogP contribution in [0.5, 0.6) is 5.75 Å². The Morgan fingerprint density at radius 2 is 2.19 bits per heavy atom. The fourth-order valence-electron chi connectivity index (χ4n) is 1.39. The summed E-state index contributed by atoms with van der Waals surface area (Å²) < 4.78 is 5.43. The topological polar surface area (TPSA) is 87.7 Å². The number of carbonyl (C=O) groups is 1. The van der Waals surface area contributed by atoms with Gasteiger partial charge in [-0.3, -0.25) is 4.79 Å². The zero-order valence-corrected chi connectivity index (χ0v) is 8.91. The summed E-state index contributed by atoms with van der Waals surface area (Å²) >= 11 is 0.901. The first kappa shape index (κ1) is 10.7. The second-order valence-electron chi connectivity index (χ2n) is 3.28. The third-order valence-electron chi connectivity index (χ3n) is 2.14. The van der Waals surface area contributed by atoms with Crippen molar-refractivity contribution >= 4 is 27.6 Å². The van der Waals surface area contributed by atoms with Gasteiger partial charge in [0.25, 0.3) is 0 Å². The van der Waals surface area contributed by atoms with Crippen LogP contribution in [0.1, 0.15) is 12.0 Å². The van der Waals surface area contributed by atoms with Crippen LogP contribution in [0.4, 0.5) is 0 Å². The number of carboxylic acid groups (broad SMARTS) is 1. The lowest BCUT2D eigenvalue weighted by atomic mass is 10.1. The smallest absolute Gasteiger partial charge is 0.396 e. The van der Waals surface area contributed by atoms with Crippen LogP contribution in [0.2, 0.25) is 0 Å². The standard InChI is InChI=1S/C10H8O5S/c11-6-4-8-7(15-10(14)16-8)3-5(6)1-2-9(12)13/h3-4,11H,1-2H2,(H,12,13). The predicted molar refractivity (Wildman–Crippen MR) is 58.0 cm³/mol. The van der Waals surface area contributed by atoms with Crippen molar-refractivity contribution < 1.29 is 19.4 Å². The quantitative estimate of drug-likeness (QED) is 0.850. The molecule has 0 atom stereocenters. The molecule has 0 saturated carbocycles. The molecule has 0 saturated heterocycles. The highest BCUT2D eigenvalue weighted by Crippen LogP contribution is 2.27. The molecule has 2 N–H and O–H groups in total. The van der Waals surface area contributed by atoms with Gasteiger partial charge in [0.2, 0.25) is 0 Å². The summed E-state index contributed by atoms with van der Waals surface area (Å²) in [6, 6.07) is 2.92. The zero-order valence-electron chi connectivity index (χ0n) is 8.10. The van der Waals surface area contributed by atoms with Gasteiger partial charge in [0.15, 0.2) is 0 Å². The SMILES string of the molecule is O=C(O)CCc1cc2oc(=O)sc2cc1O. The molecule has 1 aromatic carbocycles. The van der Waals surface area contributed by atoms with Crippen LogP contribution in [-0.4, -0.2) is 16.2 Å². The average Bonchev–Trinajstić information content (AvgIpc) is 2.53. The van der Waals surface area contributed by atoms with E-state index >= 15 is 0 Å². The Morgan fingerprint density at radius 1 is 1.44 bits per heavy atom. The van der Waals surface area contributed by atoms with Crippen molar-refractivity contribution in [3.63, 3.8) is 0 Å². The molecule has 0 aliphatic rings. The Bertz CT molecular complexity index is 595. The minimum atomic E-state index is -0.939. The van der Waals surface area contributed by atoms with Crippen LogP contribution in [0.15, 0.2) is 21.3 Å². The zero-order chi connectivity index (χ0) is 11.7. The molecular weight excluding hydrogens is 232 g/mol. The largest absolute Gasteiger partial charge is 0.508 e. The molecule has 0 radical (unpaired) electrons. The van der Waals surface area contributed by atoms with Gasteiger partial charge in [-0.25, -0.2) is 4.79 Å². The van der Waals surface area contributed by atoms with E-state index in [-0.39, 0.29) is 18.6 Å². The van der Waals surface area contributed by atoms with Gasteiger partial charge in [-0.2, -0.15) is 0 Å². The summed E-state index contributed by atoms with van der Waals surface area (Å²) in [4.78, 5) is 20.9. The molecule has 16 heavy (non-hydrogen) atoms. The van der Waals surface area contributed by atoms with Gasteiger partial charge in [0.1, 0.15) is 11.3 Å². The fraction of sp³-hybridized carbons (Fsp3) is 0.200. The molecule has 0 bridgehead atoms. The number of carboxylic acids is 1. The van der Waals surface area contributed by atoms with E-state index in [0.717, 1.165) is 11.3 Å². The lowest BCUT2D eigenvalue weighted by Crippen LogP contribution is -1.97. The molecule has 0 amide bonds. The summed E-state index contributed by atoms with van der Waals surface area (Å²) in [5, 5.41) is 18.1. The maximum atomic E-state index is 11.0. The Kier molecular flexibility index (Phi) is 2.66. The van der Waals surface area contributed by atoms with Crippen molar-refractivity contribution in [2.45, 2.75) is 12.8 Å². The number of hydrogen-bond acceptors (Lipinski definition) is 5. The molecule has 0 aliphatic heterocycles. The van der Waals surface area contributed by atoms with Gasteiger partial charge in [0.05, 0.1) is 4.70 Å². The molecule has 0 spiro atoms. The molecule has 0 unspecified atom stereocenters. The van der Waals surface area contributed by atoms with E-state index in [0.29, 0.717) is 15.8 Å². The molecule has 5 nitrogen and oxygen atoms in total. The molecule has 1 aromatic heterocycles. The van der Waals surface area contributed by atoms with Gasteiger partial charge in [-0.1, -0.05) is 11.3 Å². The summed E-state index contributed by atoms with van der Waals surface area (Å²) in [5.74, 6) is -0.947. The Balaban J connectivity index is 2.41. The molecule has 2 rings (SSSR count). The number of aliphatic carboxylic acids is 1. The van der Waals surface area contributed by atoms with Crippen LogP contribution >= 0.6 is 11.3 Å². The van der Waals surface area contributed by atoms with E-state index in [9.17, 15) is 14.7 Å². The summed E-state index contributed by atoms with van der Waals surface area (Å²) in [7, 11) is 0. The van der Waals surface area contributed by atoms with E-state index in [1.165, 1.54) is 12.1 Å². The Hall–Kier alpha value is -1.82. The van der Waals surface area contributed by atoms with Crippen molar-refractivity contribution in [1.29, 1.82) is 0 Å². The maximum absolute atomic E-state index is 11.0. The Labute approximate surface area is 93.6 Å². The highest BCUT2D eigenvalue weighted by Gasteiger charge is 2.09. The van der Waals surface area contributed by atoms with Crippen molar-refractivity contribution in [1.82, 2.24) is 0 Å². The molecule has 1 heterocycles. The number of aromatic hydroxyl groups is 1. The van der Waals surface area contributed by atoms with Crippen LogP contribution in [0, 0.1) is 0 Å². The number of phenols is 1. The lowest BCUT2D eigenvalue weighted by molar-refractivity contribution is -0.136. The fourth-order valence-corrected chi connectivity index (χ4v) is 2.08. The number of rotatable bonds is 3. The van der Waals surface area contributed by atoms with Gasteiger partial charge in [-0.05, 0) is 18.1 Å². The second kappa shape index (κ2) is 3.97. The lowest BCUT2D eigenvalue weighted by Gasteiger charge is -2.01. The van der Waals surface area contributed by atoms with Crippen molar-refractivity contribution in [3.8, 4) is 5.75 Å². The molecular formula is C10H8O5S. The maximum Gasteiger partial charge on any atom is 0.396 e. The second-order valence-corrected chi connectivity index (χ2v) is 4.25. The molecule has 0 fully saturated rings. The summed E-state index contributed by atoms with van der Waals surface area (Å²) in [6.45, 7) is 0. The number of hydrogen-bond donors (Lipinski definition) is 2. The van der Waals surface area contributed by atoms with E-state index in [4.69, 9.17) is 9.52 Å². The van der Waals surface area contributed by atoms with Crippen molar-refractivity contribution in [3.05, 3.63) is 27.4 Å². The van der Waals surface area contributed by atoms with E-state index < -0.39 is 10.9 Å². The van der Waals surface area contributed by atoms with Gasteiger partial charge in [-0.15, -0.1) is 0 Å². The highest BCUT2D eigenvalue weighted by molar-refractivity contribution is 7.16. The van der Waals surface area contributed by atoms with Crippen molar-refractivity contribution in [2.75, 3.05) is 0 Å². The minimum absolute atomic E-state index is 0.00852. The molecule has 6 heteroatoms. The van der Waals surface area contributed by atoms with Gasteiger partial charge >= 0.3 is 10.9 Å². The summed E-state index contributed by atoms with van der Waals surface area (Å²) in [6.07, 6.45) is 0.129. The van der Waals surface area contributed by atoms with E-state index in [1.54, 1.807) is 0 Å². The average molecular weight is 240 g/mol. The number of fused-ring (bicyclic) bond motifs is 1. The molecule has 0 aliphatic carbocycles. The van der Waals surface area contributed by atoms with Crippen LogP contribution in [-0.2, 0) is 11.2 Å². The third-order valence-corrected chi connectivity index (χ3v) is 2.93. The third kappa shape index (κ3) is 2.06. The first-order valence-corrected chi connectivity index (χ1v) is 5.35. The number of phenolic OH excluding ortho intramolecular Hbond substituents is 1. The van der Waals surface area contributed by atoms with Gasteiger partial charge in [0, 0.05) is 12.5 Å². The number of benzene rings is 1. The first-order chi connectivity index (χ1) is 7.56. The van der Waals surface area contributed by atoms with Gasteiger partial charge < -0.3 is 14.6 Å². The summed E-state index contributed by atoms with van der Waals surface area (Å²) in [5.41, 5.74) is 0.852. The highest BCUT2D eigenvalue weighted by atomic mass is 32.1. The van der Waals surface area contributed by atoms with E-state index in [2.05, 4.69) is 0 Å². The van der Waals surface area contributed by atoms with E-state index in [1.807, 2.05) is 0 Å². The first-order valence-electron chi connectivity index (χ1n) is 4.53. The molecule has 2 aromatic rings.